The second-order valence-electron chi connectivity index (χ2n) is 5.31. The van der Waals surface area contributed by atoms with Crippen molar-refractivity contribution in [2.24, 2.45) is 5.92 Å². The maximum Gasteiger partial charge on any atom is 0.305 e. The average Bonchev–Trinajstić information content (AvgIpc) is 2.42. The van der Waals surface area contributed by atoms with Gasteiger partial charge in [0.05, 0.1) is 11.0 Å². The van der Waals surface area contributed by atoms with Gasteiger partial charge in [0.2, 0.25) is 5.82 Å². The molecule has 1 saturated carbocycles. The molecular formula is C14H19FN2O3. The van der Waals surface area contributed by atoms with Gasteiger partial charge in [-0.15, -0.1) is 0 Å². The standard InChI is InChI=1S/C14H19FN2O3/c15-14-11(2-1-3-13(14)17(19)20)9-16-8-10-4-6-12(18)7-5-10/h1-3,10,12,16,18H,4-9H2. The van der Waals surface area contributed by atoms with E-state index in [1.54, 1.807) is 6.07 Å². The van der Waals surface area contributed by atoms with Crippen LogP contribution >= 0.6 is 0 Å². The molecule has 0 aromatic heterocycles. The summed E-state index contributed by atoms with van der Waals surface area (Å²) in [5.74, 6) is -0.274. The number of nitro groups is 1. The summed E-state index contributed by atoms with van der Waals surface area (Å²) in [7, 11) is 0. The lowest BCUT2D eigenvalue weighted by Crippen LogP contribution is -2.28. The van der Waals surface area contributed by atoms with Gasteiger partial charge < -0.3 is 10.4 Å². The van der Waals surface area contributed by atoms with Crippen LogP contribution in [0.1, 0.15) is 31.2 Å². The molecule has 1 fully saturated rings. The van der Waals surface area contributed by atoms with E-state index in [1.807, 2.05) is 0 Å². The van der Waals surface area contributed by atoms with E-state index >= 15 is 0 Å². The smallest absolute Gasteiger partial charge is 0.305 e. The molecule has 0 bridgehead atoms. The highest BCUT2D eigenvalue weighted by Gasteiger charge is 2.20. The maximum absolute atomic E-state index is 13.8. The molecule has 2 N–H and O–H groups in total. The summed E-state index contributed by atoms with van der Waals surface area (Å²) in [6, 6.07) is 4.22. The molecule has 6 heteroatoms. The Labute approximate surface area is 117 Å². The van der Waals surface area contributed by atoms with Gasteiger partial charge in [0.15, 0.2) is 0 Å². The molecule has 1 aliphatic carbocycles. The summed E-state index contributed by atoms with van der Waals surface area (Å²) in [5, 5.41) is 23.2. The van der Waals surface area contributed by atoms with E-state index in [2.05, 4.69) is 5.32 Å². The van der Waals surface area contributed by atoms with Crippen molar-refractivity contribution in [3.05, 3.63) is 39.7 Å². The minimum atomic E-state index is -0.760. The third-order valence-corrected chi connectivity index (χ3v) is 3.82. The van der Waals surface area contributed by atoms with Gasteiger partial charge in [-0.3, -0.25) is 10.1 Å². The van der Waals surface area contributed by atoms with Gasteiger partial charge in [0, 0.05) is 18.2 Å². The lowest BCUT2D eigenvalue weighted by Gasteiger charge is -2.25. The molecule has 0 radical (unpaired) electrons. The Morgan fingerprint density at radius 3 is 2.70 bits per heavy atom. The van der Waals surface area contributed by atoms with Crippen LogP contribution in [0.4, 0.5) is 10.1 Å². The topological polar surface area (TPSA) is 75.4 Å². The fraction of sp³-hybridized carbons (Fsp3) is 0.571. The van der Waals surface area contributed by atoms with Crippen molar-refractivity contribution in [3.8, 4) is 0 Å². The zero-order chi connectivity index (χ0) is 14.5. The lowest BCUT2D eigenvalue weighted by atomic mass is 9.87. The molecule has 1 aromatic rings. The van der Waals surface area contributed by atoms with Gasteiger partial charge in [0.25, 0.3) is 0 Å². The van der Waals surface area contributed by atoms with Crippen LogP contribution in [-0.4, -0.2) is 22.7 Å². The van der Waals surface area contributed by atoms with Crippen molar-refractivity contribution >= 4 is 5.69 Å². The number of nitrogens with zero attached hydrogens (tertiary/aromatic N) is 1. The first kappa shape index (κ1) is 14.9. The van der Waals surface area contributed by atoms with Crippen LogP contribution in [0.15, 0.2) is 18.2 Å². The number of nitro benzene ring substituents is 1. The van der Waals surface area contributed by atoms with E-state index in [-0.39, 0.29) is 12.6 Å². The zero-order valence-corrected chi connectivity index (χ0v) is 11.2. The molecule has 1 aromatic carbocycles. The minimum Gasteiger partial charge on any atom is -0.393 e. The van der Waals surface area contributed by atoms with Crippen LogP contribution in [0.25, 0.3) is 0 Å². The molecule has 20 heavy (non-hydrogen) atoms. The number of aliphatic hydroxyl groups is 1. The predicted molar refractivity (Wildman–Crippen MR) is 72.7 cm³/mol. The van der Waals surface area contributed by atoms with Crippen molar-refractivity contribution in [1.82, 2.24) is 5.32 Å². The number of hydrogen-bond acceptors (Lipinski definition) is 4. The van der Waals surface area contributed by atoms with E-state index in [4.69, 9.17) is 0 Å². The van der Waals surface area contributed by atoms with E-state index in [9.17, 15) is 19.6 Å². The second-order valence-corrected chi connectivity index (χ2v) is 5.31. The molecule has 0 amide bonds. The van der Waals surface area contributed by atoms with Gasteiger partial charge in [-0.05, 0) is 38.1 Å². The fourth-order valence-electron chi connectivity index (χ4n) is 2.60. The van der Waals surface area contributed by atoms with Crippen molar-refractivity contribution in [3.63, 3.8) is 0 Å². The van der Waals surface area contributed by atoms with Gasteiger partial charge in [-0.25, -0.2) is 0 Å². The maximum atomic E-state index is 13.8. The van der Waals surface area contributed by atoms with E-state index in [0.717, 1.165) is 32.2 Å². The summed E-state index contributed by atoms with van der Waals surface area (Å²) in [4.78, 5) is 9.94. The van der Waals surface area contributed by atoms with E-state index in [0.29, 0.717) is 11.5 Å². The van der Waals surface area contributed by atoms with Crippen LogP contribution in [0, 0.1) is 21.8 Å². The van der Waals surface area contributed by atoms with Crippen molar-refractivity contribution in [2.45, 2.75) is 38.3 Å². The van der Waals surface area contributed by atoms with Gasteiger partial charge >= 0.3 is 5.69 Å². The number of hydrogen-bond donors (Lipinski definition) is 2. The van der Waals surface area contributed by atoms with E-state index < -0.39 is 16.4 Å². The Balaban J connectivity index is 1.85. The number of nitrogens with one attached hydrogen (secondary N) is 1. The third kappa shape index (κ3) is 3.74. The molecule has 1 aliphatic rings. The molecule has 0 aliphatic heterocycles. The molecule has 110 valence electrons. The first-order valence-corrected chi connectivity index (χ1v) is 6.88. The van der Waals surface area contributed by atoms with Crippen molar-refractivity contribution in [2.75, 3.05) is 6.54 Å². The second kappa shape index (κ2) is 6.76. The first-order chi connectivity index (χ1) is 9.58. The molecular weight excluding hydrogens is 263 g/mol. The van der Waals surface area contributed by atoms with Crippen LogP contribution in [0.3, 0.4) is 0 Å². The SMILES string of the molecule is O=[N+]([O-])c1cccc(CNCC2CCC(O)CC2)c1F. The van der Waals surface area contributed by atoms with Gasteiger partial charge in [-0.2, -0.15) is 4.39 Å². The summed E-state index contributed by atoms with van der Waals surface area (Å²) in [6.45, 7) is 1.03. The van der Waals surface area contributed by atoms with Crippen molar-refractivity contribution < 1.29 is 14.4 Å². The largest absolute Gasteiger partial charge is 0.393 e. The third-order valence-electron chi connectivity index (χ3n) is 3.82. The number of rotatable bonds is 5. The Morgan fingerprint density at radius 2 is 2.05 bits per heavy atom. The molecule has 0 saturated heterocycles. The fourth-order valence-corrected chi connectivity index (χ4v) is 2.60. The highest BCUT2D eigenvalue weighted by Crippen LogP contribution is 2.24. The summed E-state index contributed by atoms with van der Waals surface area (Å²) < 4.78 is 13.8. The predicted octanol–water partition coefficient (Wildman–Crippen LogP) is 2.37. The monoisotopic (exact) mass is 282 g/mol. The molecule has 0 heterocycles. The summed E-state index contributed by atoms with van der Waals surface area (Å²) in [6.07, 6.45) is 3.38. The molecule has 0 unspecified atom stereocenters. The van der Waals surface area contributed by atoms with Crippen molar-refractivity contribution in [1.29, 1.82) is 0 Å². The molecule has 5 nitrogen and oxygen atoms in total. The summed E-state index contributed by atoms with van der Waals surface area (Å²) >= 11 is 0. The van der Waals surface area contributed by atoms with Gasteiger partial charge in [-0.1, -0.05) is 12.1 Å². The average molecular weight is 282 g/mol. The first-order valence-electron chi connectivity index (χ1n) is 6.88. The van der Waals surface area contributed by atoms with Crippen LogP contribution in [-0.2, 0) is 6.54 Å². The number of aliphatic hydroxyl groups excluding tert-OH is 1. The minimum absolute atomic E-state index is 0.180. The Kier molecular flexibility index (Phi) is 5.03. The van der Waals surface area contributed by atoms with Gasteiger partial charge in [0.1, 0.15) is 0 Å². The lowest BCUT2D eigenvalue weighted by molar-refractivity contribution is -0.387. The highest BCUT2D eigenvalue weighted by molar-refractivity contribution is 5.36. The number of benzene rings is 1. The summed E-state index contributed by atoms with van der Waals surface area (Å²) in [5.41, 5.74) is -0.167. The van der Waals surface area contributed by atoms with Crippen LogP contribution in [0.2, 0.25) is 0 Å². The molecule has 2 rings (SSSR count). The number of halogens is 1. The normalized spacial score (nSPS) is 22.7. The Bertz CT molecular complexity index is 473. The van der Waals surface area contributed by atoms with Crippen LogP contribution < -0.4 is 5.32 Å². The molecule has 0 atom stereocenters. The molecule has 0 spiro atoms. The Morgan fingerprint density at radius 1 is 1.35 bits per heavy atom. The zero-order valence-electron chi connectivity index (χ0n) is 11.2. The Hall–Kier alpha value is -1.53. The van der Waals surface area contributed by atoms with E-state index in [1.165, 1.54) is 12.1 Å². The highest BCUT2D eigenvalue weighted by atomic mass is 19.1. The quantitative estimate of drug-likeness (QED) is 0.642. The van der Waals surface area contributed by atoms with Crippen LogP contribution in [0.5, 0.6) is 0 Å².